The van der Waals surface area contributed by atoms with Crippen molar-refractivity contribution >= 4 is 41.3 Å². The molecule has 0 aromatic heterocycles. The van der Waals surface area contributed by atoms with E-state index in [4.69, 9.17) is 9.47 Å². The van der Waals surface area contributed by atoms with Gasteiger partial charge in [0, 0.05) is 49.6 Å². The summed E-state index contributed by atoms with van der Waals surface area (Å²) in [5.74, 6) is 1.45. The molecule has 4 aliphatic heterocycles. The van der Waals surface area contributed by atoms with Crippen LogP contribution in [0.4, 0.5) is 0 Å². The molecule has 2 N–H and O–H groups in total. The van der Waals surface area contributed by atoms with E-state index in [1.807, 2.05) is 42.3 Å². The molecule has 4 aliphatic rings. The van der Waals surface area contributed by atoms with E-state index in [1.165, 1.54) is 0 Å². The molecule has 4 saturated heterocycles. The highest BCUT2D eigenvalue weighted by Gasteiger charge is 2.51. The van der Waals surface area contributed by atoms with Crippen LogP contribution in [0.3, 0.4) is 0 Å². The third-order valence-electron chi connectivity index (χ3n) is 7.10. The van der Waals surface area contributed by atoms with Gasteiger partial charge in [-0.25, -0.2) is 0 Å². The highest BCUT2D eigenvalue weighted by molar-refractivity contribution is 8.01. The van der Waals surface area contributed by atoms with Crippen LogP contribution in [-0.4, -0.2) is 107 Å². The lowest BCUT2D eigenvalue weighted by Crippen LogP contribution is -2.68. The molecule has 192 valence electrons. The molecule has 0 radical (unpaired) electrons. The minimum absolute atomic E-state index is 0.0189. The smallest absolute Gasteiger partial charge is 0.324 e. The average molecular weight is 515 g/mol. The predicted molar refractivity (Wildman–Crippen MR) is 133 cm³/mol. The van der Waals surface area contributed by atoms with Gasteiger partial charge in [0.2, 0.25) is 11.8 Å². The predicted octanol–water partition coefficient (Wildman–Crippen LogP) is 0.735. The Bertz CT molecular complexity index is 793. The van der Waals surface area contributed by atoms with Gasteiger partial charge in [0.15, 0.2) is 0 Å². The van der Waals surface area contributed by atoms with Crippen molar-refractivity contribution in [1.29, 1.82) is 0 Å². The minimum atomic E-state index is -0.370. The van der Waals surface area contributed by atoms with Crippen molar-refractivity contribution in [1.82, 2.24) is 20.4 Å². The number of carbonyl (C=O) groups is 3. The first-order valence-corrected chi connectivity index (χ1v) is 14.2. The SMILES string of the molecule is COC[C@@H]1CSC2(CN(C(=O)C(C)CCOC(=O)[C@@H]3CSC4(CCN(C(=O)C(C)C)C4)N3)C2)N1. The molecule has 2 spiro atoms. The fourth-order valence-electron chi connectivity index (χ4n) is 5.13. The third-order valence-corrected chi connectivity index (χ3v) is 10.1. The van der Waals surface area contributed by atoms with Crippen molar-refractivity contribution in [2.24, 2.45) is 11.8 Å². The molecule has 4 atom stereocenters. The number of likely N-dealkylation sites (tertiary alicyclic amines) is 2. The summed E-state index contributed by atoms with van der Waals surface area (Å²) in [7, 11) is 1.71. The summed E-state index contributed by atoms with van der Waals surface area (Å²) in [4.78, 5) is 41.2. The van der Waals surface area contributed by atoms with Crippen LogP contribution in [-0.2, 0) is 23.9 Å². The zero-order valence-electron chi connectivity index (χ0n) is 20.6. The van der Waals surface area contributed by atoms with Crippen LogP contribution in [0.1, 0.15) is 33.6 Å². The van der Waals surface area contributed by atoms with Gasteiger partial charge in [0.25, 0.3) is 0 Å². The first-order valence-electron chi connectivity index (χ1n) is 12.2. The van der Waals surface area contributed by atoms with Crippen LogP contribution < -0.4 is 10.6 Å². The van der Waals surface area contributed by atoms with Crippen LogP contribution >= 0.6 is 23.5 Å². The van der Waals surface area contributed by atoms with Gasteiger partial charge in [-0.1, -0.05) is 20.8 Å². The van der Waals surface area contributed by atoms with E-state index >= 15 is 0 Å². The summed E-state index contributed by atoms with van der Waals surface area (Å²) in [5.41, 5.74) is 0. The van der Waals surface area contributed by atoms with Crippen molar-refractivity contribution < 1.29 is 23.9 Å². The number of thioether (sulfide) groups is 2. The number of nitrogens with one attached hydrogen (secondary N) is 2. The monoisotopic (exact) mass is 514 g/mol. The molecule has 11 heteroatoms. The van der Waals surface area contributed by atoms with Crippen molar-refractivity contribution in [3.63, 3.8) is 0 Å². The summed E-state index contributed by atoms with van der Waals surface area (Å²) < 4.78 is 10.8. The molecular weight excluding hydrogens is 476 g/mol. The van der Waals surface area contributed by atoms with E-state index in [1.54, 1.807) is 18.9 Å². The number of carbonyl (C=O) groups excluding carboxylic acids is 3. The number of hydrogen-bond donors (Lipinski definition) is 2. The number of nitrogens with zero attached hydrogens (tertiary/aromatic N) is 2. The summed E-state index contributed by atoms with van der Waals surface area (Å²) in [6.07, 6.45) is 1.35. The Labute approximate surface area is 210 Å². The van der Waals surface area contributed by atoms with Crippen LogP contribution in [0, 0.1) is 11.8 Å². The molecule has 0 aromatic rings. The number of esters is 1. The van der Waals surface area contributed by atoms with E-state index < -0.39 is 0 Å². The molecule has 0 bridgehead atoms. The van der Waals surface area contributed by atoms with E-state index in [9.17, 15) is 14.4 Å². The molecule has 9 nitrogen and oxygen atoms in total. The summed E-state index contributed by atoms with van der Waals surface area (Å²) in [6.45, 7) is 9.43. The lowest BCUT2D eigenvalue weighted by Gasteiger charge is -2.48. The van der Waals surface area contributed by atoms with Crippen molar-refractivity contribution in [2.75, 3.05) is 58.0 Å². The topological polar surface area (TPSA) is 100 Å². The van der Waals surface area contributed by atoms with Crippen LogP contribution in [0.2, 0.25) is 0 Å². The van der Waals surface area contributed by atoms with Crippen molar-refractivity contribution in [3.8, 4) is 0 Å². The van der Waals surface area contributed by atoms with Gasteiger partial charge >= 0.3 is 5.97 Å². The number of methoxy groups -OCH3 is 1. The lowest BCUT2D eigenvalue weighted by atomic mass is 10.0. The normalized spacial score (nSPS) is 30.9. The first kappa shape index (κ1) is 26.1. The van der Waals surface area contributed by atoms with E-state index in [0.717, 1.165) is 18.7 Å². The van der Waals surface area contributed by atoms with Gasteiger partial charge < -0.3 is 19.3 Å². The molecule has 4 rings (SSSR count). The summed E-state index contributed by atoms with van der Waals surface area (Å²) >= 11 is 3.58. The summed E-state index contributed by atoms with van der Waals surface area (Å²) in [5, 5.41) is 7.03. The first-order chi connectivity index (χ1) is 16.2. The van der Waals surface area contributed by atoms with E-state index in [2.05, 4.69) is 10.6 Å². The third kappa shape index (κ3) is 5.53. The second kappa shape index (κ2) is 10.5. The Balaban J connectivity index is 1.15. The maximum absolute atomic E-state index is 12.8. The number of amides is 2. The standard InChI is InChI=1S/C23H38N4O5S2/c1-15(2)19(28)26-7-6-22(12-26)25-18(11-34-22)21(30)32-8-5-16(3)20(29)27-13-23(14-27)24-17(9-31-4)10-33-23/h15-18,24-25H,5-14H2,1-4H3/t16?,17-,18+,22?/m1/s1. The average Bonchev–Trinajstić information content (AvgIpc) is 3.51. The molecule has 2 unspecified atom stereocenters. The van der Waals surface area contributed by atoms with Crippen LogP contribution in [0.5, 0.6) is 0 Å². The zero-order valence-corrected chi connectivity index (χ0v) is 22.3. The Hall–Kier alpha value is -1.01. The van der Waals surface area contributed by atoms with Gasteiger partial charge in [0.1, 0.15) is 10.9 Å². The van der Waals surface area contributed by atoms with Gasteiger partial charge in [-0.05, 0) is 12.8 Å². The molecule has 4 heterocycles. The molecule has 0 aromatic carbocycles. The lowest BCUT2D eigenvalue weighted by molar-refractivity contribution is -0.148. The molecule has 0 aliphatic carbocycles. The molecule has 4 fully saturated rings. The van der Waals surface area contributed by atoms with Crippen LogP contribution in [0.25, 0.3) is 0 Å². The fourth-order valence-corrected chi connectivity index (χ4v) is 7.99. The molecule has 34 heavy (non-hydrogen) atoms. The van der Waals surface area contributed by atoms with Crippen LogP contribution in [0.15, 0.2) is 0 Å². The minimum Gasteiger partial charge on any atom is -0.464 e. The van der Waals surface area contributed by atoms with Crippen molar-refractivity contribution in [2.45, 2.75) is 55.4 Å². The Morgan fingerprint density at radius 2 is 1.71 bits per heavy atom. The number of hydrogen-bond acceptors (Lipinski definition) is 9. The summed E-state index contributed by atoms with van der Waals surface area (Å²) in [6, 6.07) is -0.0283. The van der Waals surface area contributed by atoms with E-state index in [0.29, 0.717) is 44.5 Å². The highest BCUT2D eigenvalue weighted by atomic mass is 32.2. The highest BCUT2D eigenvalue weighted by Crippen LogP contribution is 2.40. The van der Waals surface area contributed by atoms with Gasteiger partial charge in [-0.3, -0.25) is 25.0 Å². The van der Waals surface area contributed by atoms with Gasteiger partial charge in [-0.15, -0.1) is 23.5 Å². The quantitative estimate of drug-likeness (QED) is 0.454. The number of ether oxygens (including phenoxy) is 2. The largest absolute Gasteiger partial charge is 0.464 e. The zero-order chi connectivity index (χ0) is 24.5. The molecule has 0 saturated carbocycles. The Kier molecular flexibility index (Phi) is 8.08. The molecule has 2 amide bonds. The second-order valence-electron chi connectivity index (χ2n) is 10.3. The van der Waals surface area contributed by atoms with Crippen molar-refractivity contribution in [3.05, 3.63) is 0 Å². The maximum atomic E-state index is 12.8. The fraction of sp³-hybridized carbons (Fsp3) is 0.870. The molecular formula is C23H38N4O5S2. The Morgan fingerprint density at radius 1 is 1.00 bits per heavy atom. The van der Waals surface area contributed by atoms with Gasteiger partial charge in [-0.2, -0.15) is 0 Å². The maximum Gasteiger partial charge on any atom is 0.324 e. The van der Waals surface area contributed by atoms with Gasteiger partial charge in [0.05, 0.1) is 31.2 Å². The number of rotatable bonds is 8. The Morgan fingerprint density at radius 3 is 2.41 bits per heavy atom. The second-order valence-corrected chi connectivity index (χ2v) is 13.1. The van der Waals surface area contributed by atoms with E-state index in [-0.39, 0.29) is 52.0 Å².